The standard InChI is InChI=1S/C11H24N4/c1-14(2)8-9-15(3)11(12)13-10-6-4-5-7-10/h10H,4-9H2,1-3H3,(H2,12,13). The first-order valence-electron chi connectivity index (χ1n) is 5.78. The normalized spacial score (nSPS) is 18.8. The maximum absolute atomic E-state index is 5.94. The Hall–Kier alpha value is -0.770. The van der Waals surface area contributed by atoms with Crippen LogP contribution in [0.2, 0.25) is 0 Å². The molecule has 15 heavy (non-hydrogen) atoms. The summed E-state index contributed by atoms with van der Waals surface area (Å²) in [5, 5.41) is 0. The first-order valence-corrected chi connectivity index (χ1v) is 5.78. The molecule has 88 valence electrons. The zero-order chi connectivity index (χ0) is 11.3. The SMILES string of the molecule is CN(C)CCN(C)C(N)=NC1CCCC1. The zero-order valence-corrected chi connectivity index (χ0v) is 10.2. The topological polar surface area (TPSA) is 44.9 Å². The second-order valence-corrected chi connectivity index (χ2v) is 4.65. The number of hydrogen-bond donors (Lipinski definition) is 1. The molecule has 0 bridgehead atoms. The molecular formula is C11H24N4. The van der Waals surface area contributed by atoms with Crippen molar-refractivity contribution in [3.63, 3.8) is 0 Å². The van der Waals surface area contributed by atoms with E-state index in [1.54, 1.807) is 0 Å². The van der Waals surface area contributed by atoms with Gasteiger partial charge < -0.3 is 15.5 Å². The van der Waals surface area contributed by atoms with Crippen molar-refractivity contribution in [2.24, 2.45) is 10.7 Å². The summed E-state index contributed by atoms with van der Waals surface area (Å²) in [6.07, 6.45) is 5.04. The minimum absolute atomic E-state index is 0.479. The largest absolute Gasteiger partial charge is 0.370 e. The van der Waals surface area contributed by atoms with Crippen LogP contribution in [0.3, 0.4) is 0 Å². The lowest BCUT2D eigenvalue weighted by atomic mass is 10.3. The maximum Gasteiger partial charge on any atom is 0.191 e. The molecule has 0 aromatic heterocycles. The first-order chi connectivity index (χ1) is 7.09. The van der Waals surface area contributed by atoms with Gasteiger partial charge in [-0.05, 0) is 26.9 Å². The summed E-state index contributed by atoms with van der Waals surface area (Å²) in [7, 11) is 6.15. The van der Waals surface area contributed by atoms with E-state index in [4.69, 9.17) is 5.73 Å². The first kappa shape index (κ1) is 12.3. The fourth-order valence-corrected chi connectivity index (χ4v) is 1.78. The van der Waals surface area contributed by atoms with E-state index in [2.05, 4.69) is 24.0 Å². The van der Waals surface area contributed by atoms with Crippen LogP contribution in [-0.4, -0.2) is 56.0 Å². The van der Waals surface area contributed by atoms with E-state index >= 15 is 0 Å². The van der Waals surface area contributed by atoms with Gasteiger partial charge >= 0.3 is 0 Å². The summed E-state index contributed by atoms with van der Waals surface area (Å²) in [4.78, 5) is 8.75. The van der Waals surface area contributed by atoms with Crippen LogP contribution in [0.1, 0.15) is 25.7 Å². The Morgan fingerprint density at radius 2 is 1.80 bits per heavy atom. The lowest BCUT2D eigenvalue weighted by Crippen LogP contribution is -2.39. The lowest BCUT2D eigenvalue weighted by molar-refractivity contribution is 0.354. The van der Waals surface area contributed by atoms with Gasteiger partial charge in [0.15, 0.2) is 5.96 Å². The minimum Gasteiger partial charge on any atom is -0.370 e. The molecule has 1 aliphatic carbocycles. The highest BCUT2D eigenvalue weighted by Gasteiger charge is 2.14. The zero-order valence-electron chi connectivity index (χ0n) is 10.2. The number of aliphatic imine (C=N–C) groups is 1. The molecule has 0 heterocycles. The molecule has 1 fully saturated rings. The van der Waals surface area contributed by atoms with Crippen LogP contribution in [0, 0.1) is 0 Å². The van der Waals surface area contributed by atoms with Crippen LogP contribution in [0.25, 0.3) is 0 Å². The van der Waals surface area contributed by atoms with Crippen molar-refractivity contribution in [1.82, 2.24) is 9.80 Å². The van der Waals surface area contributed by atoms with Crippen molar-refractivity contribution in [3.05, 3.63) is 0 Å². The number of hydrogen-bond acceptors (Lipinski definition) is 2. The highest BCUT2D eigenvalue weighted by Crippen LogP contribution is 2.20. The van der Waals surface area contributed by atoms with Crippen molar-refractivity contribution >= 4 is 5.96 Å². The molecule has 0 radical (unpaired) electrons. The van der Waals surface area contributed by atoms with Gasteiger partial charge in [0, 0.05) is 20.1 Å². The van der Waals surface area contributed by atoms with Crippen LogP contribution in [0.5, 0.6) is 0 Å². The van der Waals surface area contributed by atoms with Gasteiger partial charge in [-0.3, -0.25) is 0 Å². The van der Waals surface area contributed by atoms with Gasteiger partial charge in [-0.2, -0.15) is 0 Å². The third-order valence-electron chi connectivity index (χ3n) is 2.91. The molecule has 2 N–H and O–H groups in total. The van der Waals surface area contributed by atoms with Crippen molar-refractivity contribution < 1.29 is 0 Å². The summed E-state index contributed by atoms with van der Waals surface area (Å²) in [6, 6.07) is 0.479. The Morgan fingerprint density at radius 1 is 1.20 bits per heavy atom. The summed E-state index contributed by atoms with van der Waals surface area (Å²) in [6.45, 7) is 1.95. The molecule has 0 aromatic carbocycles. The van der Waals surface area contributed by atoms with E-state index in [-0.39, 0.29) is 0 Å². The fraction of sp³-hybridized carbons (Fsp3) is 0.909. The van der Waals surface area contributed by atoms with Crippen molar-refractivity contribution in [2.75, 3.05) is 34.2 Å². The van der Waals surface area contributed by atoms with Crippen molar-refractivity contribution in [3.8, 4) is 0 Å². The number of likely N-dealkylation sites (N-methyl/N-ethyl adjacent to an activating group) is 2. The predicted octanol–water partition coefficient (Wildman–Crippen LogP) is 0.737. The van der Waals surface area contributed by atoms with E-state index in [0.29, 0.717) is 12.0 Å². The quantitative estimate of drug-likeness (QED) is 0.552. The molecule has 4 nitrogen and oxygen atoms in total. The van der Waals surface area contributed by atoms with E-state index in [1.165, 1.54) is 25.7 Å². The van der Waals surface area contributed by atoms with E-state index in [0.717, 1.165) is 13.1 Å². The minimum atomic E-state index is 0.479. The van der Waals surface area contributed by atoms with Crippen molar-refractivity contribution in [2.45, 2.75) is 31.7 Å². The predicted molar refractivity (Wildman–Crippen MR) is 65.1 cm³/mol. The van der Waals surface area contributed by atoms with Gasteiger partial charge in [0.25, 0.3) is 0 Å². The second-order valence-electron chi connectivity index (χ2n) is 4.65. The summed E-state index contributed by atoms with van der Waals surface area (Å²) in [5.74, 6) is 0.698. The van der Waals surface area contributed by atoms with Crippen LogP contribution in [0.15, 0.2) is 4.99 Å². The molecule has 4 heteroatoms. The number of rotatable bonds is 4. The van der Waals surface area contributed by atoms with Gasteiger partial charge in [-0.25, -0.2) is 4.99 Å². The van der Waals surface area contributed by atoms with Crippen LogP contribution < -0.4 is 5.73 Å². The van der Waals surface area contributed by atoms with E-state index < -0.39 is 0 Å². The number of nitrogens with zero attached hydrogens (tertiary/aromatic N) is 3. The third kappa shape index (κ3) is 4.51. The highest BCUT2D eigenvalue weighted by molar-refractivity contribution is 5.78. The Balaban J connectivity index is 2.33. The smallest absolute Gasteiger partial charge is 0.191 e. The molecule has 0 unspecified atom stereocenters. The summed E-state index contributed by atoms with van der Waals surface area (Å²) < 4.78 is 0. The Kier molecular flexibility index (Phi) is 4.88. The molecule has 0 aliphatic heterocycles. The molecule has 0 saturated heterocycles. The number of nitrogens with two attached hydrogens (primary N) is 1. The highest BCUT2D eigenvalue weighted by atomic mass is 15.3. The van der Waals surface area contributed by atoms with Crippen LogP contribution in [0.4, 0.5) is 0 Å². The van der Waals surface area contributed by atoms with E-state index in [9.17, 15) is 0 Å². The van der Waals surface area contributed by atoms with Gasteiger partial charge in [0.05, 0.1) is 6.04 Å². The maximum atomic E-state index is 5.94. The Labute approximate surface area is 93.1 Å². The lowest BCUT2D eigenvalue weighted by Gasteiger charge is -2.21. The monoisotopic (exact) mass is 212 g/mol. The summed E-state index contributed by atoms with van der Waals surface area (Å²) >= 11 is 0. The van der Waals surface area contributed by atoms with E-state index in [1.807, 2.05) is 11.9 Å². The molecule has 1 rings (SSSR count). The molecular weight excluding hydrogens is 188 g/mol. The second kappa shape index (κ2) is 5.95. The molecule has 0 amide bonds. The average Bonchev–Trinajstić information content (AvgIpc) is 2.66. The number of guanidine groups is 1. The molecule has 0 aromatic rings. The molecule has 1 aliphatic rings. The van der Waals surface area contributed by atoms with Crippen LogP contribution in [-0.2, 0) is 0 Å². The molecule has 1 saturated carbocycles. The average molecular weight is 212 g/mol. The van der Waals surface area contributed by atoms with Gasteiger partial charge in [0.1, 0.15) is 0 Å². The van der Waals surface area contributed by atoms with Gasteiger partial charge in [-0.1, -0.05) is 12.8 Å². The van der Waals surface area contributed by atoms with Gasteiger partial charge in [-0.15, -0.1) is 0 Å². The summed E-state index contributed by atoms with van der Waals surface area (Å²) in [5.41, 5.74) is 5.94. The Bertz CT molecular complexity index is 207. The Morgan fingerprint density at radius 3 is 2.33 bits per heavy atom. The van der Waals surface area contributed by atoms with Gasteiger partial charge in [0.2, 0.25) is 0 Å². The van der Waals surface area contributed by atoms with Crippen LogP contribution >= 0.6 is 0 Å². The molecule has 0 spiro atoms. The third-order valence-corrected chi connectivity index (χ3v) is 2.91. The molecule has 0 atom stereocenters. The van der Waals surface area contributed by atoms with Crippen molar-refractivity contribution in [1.29, 1.82) is 0 Å². The fourth-order valence-electron chi connectivity index (χ4n) is 1.78.